The first-order chi connectivity index (χ1) is 13.4. The molecule has 0 aliphatic carbocycles. The van der Waals surface area contributed by atoms with Gasteiger partial charge in [0.2, 0.25) is 5.91 Å². The zero-order valence-electron chi connectivity index (χ0n) is 15.2. The summed E-state index contributed by atoms with van der Waals surface area (Å²) in [5.74, 6) is -0.435. The Bertz CT molecular complexity index is 1070. The average Bonchev–Trinajstić information content (AvgIpc) is 2.69. The predicted octanol–water partition coefficient (Wildman–Crippen LogP) is 4.48. The molecule has 7 heteroatoms. The van der Waals surface area contributed by atoms with Gasteiger partial charge in [-0.15, -0.1) is 0 Å². The molecule has 0 spiro atoms. The number of aryl methyl sites for hydroxylation is 1. The van der Waals surface area contributed by atoms with Crippen LogP contribution in [-0.4, -0.2) is 20.9 Å². The number of para-hydroxylation sites is 2. The van der Waals surface area contributed by atoms with Crippen LogP contribution in [0.25, 0.3) is 0 Å². The number of sulfonamides is 1. The Kier molecular flexibility index (Phi) is 6.02. The molecule has 0 saturated carbocycles. The first-order valence-corrected chi connectivity index (χ1v) is 10.4. The fraction of sp³-hybridized carbons (Fsp3) is 0.0952. The van der Waals surface area contributed by atoms with E-state index >= 15 is 0 Å². The van der Waals surface area contributed by atoms with E-state index in [0.29, 0.717) is 16.4 Å². The molecule has 0 bridgehead atoms. The summed E-state index contributed by atoms with van der Waals surface area (Å²) in [6.07, 6.45) is 0. The van der Waals surface area contributed by atoms with E-state index in [1.54, 1.807) is 36.4 Å². The molecule has 0 radical (unpaired) electrons. The van der Waals surface area contributed by atoms with Crippen molar-refractivity contribution in [2.24, 2.45) is 0 Å². The Labute approximate surface area is 169 Å². The maximum atomic E-state index is 13.2. The number of hydrogen-bond donors (Lipinski definition) is 1. The van der Waals surface area contributed by atoms with Crippen molar-refractivity contribution >= 4 is 38.9 Å². The van der Waals surface area contributed by atoms with Gasteiger partial charge in [-0.3, -0.25) is 9.10 Å². The van der Waals surface area contributed by atoms with Crippen molar-refractivity contribution in [3.05, 3.63) is 89.4 Å². The summed E-state index contributed by atoms with van der Waals surface area (Å²) >= 11 is 5.88. The molecule has 144 valence electrons. The largest absolute Gasteiger partial charge is 0.324 e. The summed E-state index contributed by atoms with van der Waals surface area (Å²) in [7, 11) is -3.95. The lowest BCUT2D eigenvalue weighted by atomic mass is 10.2. The first kappa shape index (κ1) is 19.9. The lowest BCUT2D eigenvalue weighted by Crippen LogP contribution is -2.38. The second kappa shape index (κ2) is 8.46. The topological polar surface area (TPSA) is 66.5 Å². The molecule has 0 aromatic heterocycles. The third-order valence-corrected chi connectivity index (χ3v) is 6.19. The van der Waals surface area contributed by atoms with E-state index in [4.69, 9.17) is 11.6 Å². The highest BCUT2D eigenvalue weighted by Crippen LogP contribution is 2.25. The third kappa shape index (κ3) is 4.52. The summed E-state index contributed by atoms with van der Waals surface area (Å²) in [6.45, 7) is 1.51. The van der Waals surface area contributed by atoms with Gasteiger partial charge in [0.25, 0.3) is 10.0 Å². The highest BCUT2D eigenvalue weighted by Gasteiger charge is 2.27. The third-order valence-electron chi connectivity index (χ3n) is 4.15. The van der Waals surface area contributed by atoms with Crippen molar-refractivity contribution in [3.63, 3.8) is 0 Å². The summed E-state index contributed by atoms with van der Waals surface area (Å²) in [4.78, 5) is 12.7. The van der Waals surface area contributed by atoms with Crippen molar-refractivity contribution in [1.29, 1.82) is 0 Å². The molecular formula is C21H19ClN2O3S. The van der Waals surface area contributed by atoms with Gasteiger partial charge in [-0.2, -0.15) is 0 Å². The Morgan fingerprint density at radius 3 is 2.18 bits per heavy atom. The van der Waals surface area contributed by atoms with E-state index in [2.05, 4.69) is 5.32 Å². The van der Waals surface area contributed by atoms with Crippen LogP contribution in [0.4, 0.5) is 11.4 Å². The number of carbonyl (C=O) groups excluding carboxylic acids is 1. The Hall–Kier alpha value is -2.83. The van der Waals surface area contributed by atoms with E-state index in [-0.39, 0.29) is 11.4 Å². The number of carbonyl (C=O) groups is 1. The predicted molar refractivity (Wildman–Crippen MR) is 112 cm³/mol. The van der Waals surface area contributed by atoms with E-state index < -0.39 is 15.9 Å². The average molecular weight is 415 g/mol. The van der Waals surface area contributed by atoms with Gasteiger partial charge < -0.3 is 5.32 Å². The number of amides is 1. The minimum atomic E-state index is -3.95. The zero-order chi connectivity index (χ0) is 20.1. The molecule has 3 aromatic carbocycles. The highest BCUT2D eigenvalue weighted by molar-refractivity contribution is 7.92. The number of halogens is 1. The molecule has 28 heavy (non-hydrogen) atoms. The number of anilines is 2. The first-order valence-electron chi connectivity index (χ1n) is 8.57. The van der Waals surface area contributed by atoms with Gasteiger partial charge in [0, 0.05) is 10.7 Å². The van der Waals surface area contributed by atoms with Crippen molar-refractivity contribution in [2.75, 3.05) is 16.2 Å². The second-order valence-corrected chi connectivity index (χ2v) is 8.46. The molecule has 3 aromatic rings. The quantitative estimate of drug-likeness (QED) is 0.646. The maximum absolute atomic E-state index is 13.2. The highest BCUT2D eigenvalue weighted by atomic mass is 35.5. The number of nitrogens with zero attached hydrogens (tertiary/aromatic N) is 1. The monoisotopic (exact) mass is 414 g/mol. The van der Waals surface area contributed by atoms with Crippen LogP contribution in [0.15, 0.2) is 83.8 Å². The Balaban J connectivity index is 1.93. The van der Waals surface area contributed by atoms with E-state index in [1.807, 2.05) is 25.1 Å². The smallest absolute Gasteiger partial charge is 0.264 e. The number of benzene rings is 3. The molecule has 3 rings (SSSR count). The molecule has 0 fully saturated rings. The molecule has 0 saturated heterocycles. The molecule has 1 N–H and O–H groups in total. The molecule has 0 atom stereocenters. The molecular weight excluding hydrogens is 396 g/mol. The minimum Gasteiger partial charge on any atom is -0.324 e. The molecule has 5 nitrogen and oxygen atoms in total. The van der Waals surface area contributed by atoms with Crippen LogP contribution < -0.4 is 9.62 Å². The molecule has 1 amide bonds. The van der Waals surface area contributed by atoms with Gasteiger partial charge >= 0.3 is 0 Å². The van der Waals surface area contributed by atoms with E-state index in [9.17, 15) is 13.2 Å². The number of hydrogen-bond acceptors (Lipinski definition) is 3. The Morgan fingerprint density at radius 1 is 0.929 bits per heavy atom. The maximum Gasteiger partial charge on any atom is 0.264 e. The van der Waals surface area contributed by atoms with E-state index in [1.165, 1.54) is 24.3 Å². The van der Waals surface area contributed by atoms with Crippen LogP contribution in [-0.2, 0) is 14.8 Å². The number of rotatable bonds is 6. The van der Waals surface area contributed by atoms with Crippen molar-refractivity contribution in [3.8, 4) is 0 Å². The van der Waals surface area contributed by atoms with Crippen molar-refractivity contribution < 1.29 is 13.2 Å². The Morgan fingerprint density at radius 2 is 1.54 bits per heavy atom. The SMILES string of the molecule is Cc1ccccc1NC(=O)CN(c1ccccc1)S(=O)(=O)c1ccc(Cl)cc1. The van der Waals surface area contributed by atoms with Crippen molar-refractivity contribution in [2.45, 2.75) is 11.8 Å². The summed E-state index contributed by atoms with van der Waals surface area (Å²) in [6, 6.07) is 21.7. The molecule has 0 aliphatic heterocycles. The second-order valence-electron chi connectivity index (χ2n) is 6.16. The van der Waals surface area contributed by atoms with Gasteiger partial charge in [0.05, 0.1) is 10.6 Å². The van der Waals surface area contributed by atoms with Crippen LogP contribution >= 0.6 is 11.6 Å². The van der Waals surface area contributed by atoms with Crippen LogP contribution in [0.2, 0.25) is 5.02 Å². The van der Waals surface area contributed by atoms with Crippen LogP contribution in [0, 0.1) is 6.92 Å². The zero-order valence-corrected chi connectivity index (χ0v) is 16.7. The fourth-order valence-electron chi connectivity index (χ4n) is 2.68. The van der Waals surface area contributed by atoms with Crippen molar-refractivity contribution in [1.82, 2.24) is 0 Å². The fourth-order valence-corrected chi connectivity index (χ4v) is 4.22. The normalized spacial score (nSPS) is 11.1. The van der Waals surface area contributed by atoms with Gasteiger partial charge in [-0.05, 0) is 55.0 Å². The summed E-state index contributed by atoms with van der Waals surface area (Å²) in [5.41, 5.74) is 1.93. The van der Waals surface area contributed by atoms with Crippen LogP contribution in [0.3, 0.4) is 0 Å². The van der Waals surface area contributed by atoms with Gasteiger partial charge in [-0.1, -0.05) is 48.0 Å². The van der Waals surface area contributed by atoms with Crippen LogP contribution in [0.5, 0.6) is 0 Å². The standard InChI is InChI=1S/C21H19ClN2O3S/c1-16-7-5-6-10-20(16)23-21(25)15-24(18-8-3-2-4-9-18)28(26,27)19-13-11-17(22)12-14-19/h2-14H,15H2,1H3,(H,23,25). The van der Waals surface area contributed by atoms with Crippen LogP contribution in [0.1, 0.15) is 5.56 Å². The van der Waals surface area contributed by atoms with Gasteiger partial charge in [0.1, 0.15) is 6.54 Å². The van der Waals surface area contributed by atoms with Gasteiger partial charge in [-0.25, -0.2) is 8.42 Å². The molecule has 0 aliphatic rings. The van der Waals surface area contributed by atoms with E-state index in [0.717, 1.165) is 9.87 Å². The summed E-state index contributed by atoms with van der Waals surface area (Å²) < 4.78 is 27.5. The van der Waals surface area contributed by atoms with Gasteiger partial charge in [0.15, 0.2) is 0 Å². The lowest BCUT2D eigenvalue weighted by Gasteiger charge is -2.24. The summed E-state index contributed by atoms with van der Waals surface area (Å²) in [5, 5.41) is 3.21. The molecule has 0 heterocycles. The number of nitrogens with one attached hydrogen (secondary N) is 1. The minimum absolute atomic E-state index is 0.0597. The lowest BCUT2D eigenvalue weighted by molar-refractivity contribution is -0.114. The molecule has 0 unspecified atom stereocenters.